The van der Waals surface area contributed by atoms with Crippen molar-refractivity contribution in [3.8, 4) is 0 Å². The Hall–Kier alpha value is -3.66. The van der Waals surface area contributed by atoms with Gasteiger partial charge in [-0.15, -0.1) is 0 Å². The Kier molecular flexibility index (Phi) is 5.29. The Labute approximate surface area is 164 Å². The highest BCUT2D eigenvalue weighted by atomic mass is 16.1. The SMILES string of the molecule is O=C(/C=C/c1ccc2ccccc2c1)NC(Cn1ccnc1)c1ccccc1. The summed E-state index contributed by atoms with van der Waals surface area (Å²) in [6.07, 6.45) is 8.83. The second-order valence-corrected chi connectivity index (χ2v) is 6.67. The van der Waals surface area contributed by atoms with Crippen LogP contribution in [0, 0.1) is 0 Å². The number of nitrogens with one attached hydrogen (secondary N) is 1. The molecule has 4 nitrogen and oxygen atoms in total. The van der Waals surface area contributed by atoms with Gasteiger partial charge in [0, 0.05) is 25.0 Å². The summed E-state index contributed by atoms with van der Waals surface area (Å²) in [5, 5.41) is 5.45. The van der Waals surface area contributed by atoms with Crippen LogP contribution in [0.5, 0.6) is 0 Å². The van der Waals surface area contributed by atoms with Gasteiger partial charge in [0.15, 0.2) is 0 Å². The number of imidazole rings is 1. The van der Waals surface area contributed by atoms with Crippen molar-refractivity contribution in [2.75, 3.05) is 0 Å². The molecule has 1 atom stereocenters. The van der Waals surface area contributed by atoms with Crippen LogP contribution in [0.4, 0.5) is 0 Å². The molecule has 4 aromatic rings. The molecule has 138 valence electrons. The quantitative estimate of drug-likeness (QED) is 0.506. The Morgan fingerprint density at radius 1 is 1.00 bits per heavy atom. The molecule has 1 heterocycles. The van der Waals surface area contributed by atoms with Crippen LogP contribution in [-0.2, 0) is 11.3 Å². The molecule has 1 unspecified atom stereocenters. The van der Waals surface area contributed by atoms with Gasteiger partial charge in [-0.2, -0.15) is 0 Å². The molecular weight excluding hydrogens is 346 g/mol. The summed E-state index contributed by atoms with van der Waals surface area (Å²) in [7, 11) is 0. The molecule has 4 rings (SSSR count). The maximum Gasteiger partial charge on any atom is 0.244 e. The van der Waals surface area contributed by atoms with Crippen LogP contribution in [0.2, 0.25) is 0 Å². The second kappa shape index (κ2) is 8.35. The van der Waals surface area contributed by atoms with Gasteiger partial charge in [0.05, 0.1) is 12.4 Å². The van der Waals surface area contributed by atoms with Gasteiger partial charge < -0.3 is 9.88 Å². The van der Waals surface area contributed by atoms with E-state index in [-0.39, 0.29) is 11.9 Å². The number of carbonyl (C=O) groups is 1. The van der Waals surface area contributed by atoms with Crippen molar-refractivity contribution in [2.24, 2.45) is 0 Å². The van der Waals surface area contributed by atoms with Crippen molar-refractivity contribution in [2.45, 2.75) is 12.6 Å². The van der Waals surface area contributed by atoms with E-state index in [0.29, 0.717) is 6.54 Å². The first kappa shape index (κ1) is 17.7. The predicted octanol–water partition coefficient (Wildman–Crippen LogP) is 4.61. The van der Waals surface area contributed by atoms with Crippen molar-refractivity contribution in [3.63, 3.8) is 0 Å². The van der Waals surface area contributed by atoms with Gasteiger partial charge >= 0.3 is 0 Å². The number of hydrogen-bond acceptors (Lipinski definition) is 2. The van der Waals surface area contributed by atoms with Crippen molar-refractivity contribution >= 4 is 22.8 Å². The van der Waals surface area contributed by atoms with Crippen molar-refractivity contribution < 1.29 is 4.79 Å². The lowest BCUT2D eigenvalue weighted by Crippen LogP contribution is -2.29. The lowest BCUT2D eigenvalue weighted by molar-refractivity contribution is -0.117. The third-order valence-corrected chi connectivity index (χ3v) is 4.67. The number of aromatic nitrogens is 2. The molecule has 0 aliphatic carbocycles. The van der Waals surface area contributed by atoms with Gasteiger partial charge in [0.2, 0.25) is 5.91 Å². The fourth-order valence-corrected chi connectivity index (χ4v) is 3.23. The number of rotatable bonds is 6. The van der Waals surface area contributed by atoms with Gasteiger partial charge in [0.1, 0.15) is 0 Å². The standard InChI is InChI=1S/C24H21N3O/c28-24(13-11-19-10-12-20-6-4-5-9-22(20)16-19)26-23(17-27-15-14-25-18-27)21-7-2-1-3-8-21/h1-16,18,23H,17H2,(H,26,28)/b13-11+. The van der Waals surface area contributed by atoms with Gasteiger partial charge in [-0.3, -0.25) is 4.79 Å². The summed E-state index contributed by atoms with van der Waals surface area (Å²) in [6.45, 7) is 0.625. The van der Waals surface area contributed by atoms with E-state index in [9.17, 15) is 4.79 Å². The summed E-state index contributed by atoms with van der Waals surface area (Å²) < 4.78 is 1.96. The Bertz CT molecular complexity index is 1090. The highest BCUT2D eigenvalue weighted by Gasteiger charge is 2.13. The van der Waals surface area contributed by atoms with Gasteiger partial charge in [-0.05, 0) is 34.0 Å². The largest absolute Gasteiger partial charge is 0.344 e. The zero-order valence-corrected chi connectivity index (χ0v) is 15.4. The van der Waals surface area contributed by atoms with Gasteiger partial charge in [-0.25, -0.2) is 4.98 Å². The van der Waals surface area contributed by atoms with E-state index in [4.69, 9.17) is 0 Å². The van der Waals surface area contributed by atoms with E-state index in [2.05, 4.69) is 34.6 Å². The fraction of sp³-hybridized carbons (Fsp3) is 0.0833. The third-order valence-electron chi connectivity index (χ3n) is 4.67. The smallest absolute Gasteiger partial charge is 0.244 e. The van der Waals surface area contributed by atoms with Crippen LogP contribution in [0.15, 0.2) is 97.6 Å². The van der Waals surface area contributed by atoms with Crippen molar-refractivity contribution in [3.05, 3.63) is 109 Å². The molecule has 0 saturated carbocycles. The Morgan fingerprint density at radius 3 is 2.57 bits per heavy atom. The molecule has 1 amide bonds. The summed E-state index contributed by atoms with van der Waals surface area (Å²) >= 11 is 0. The Morgan fingerprint density at radius 2 is 1.79 bits per heavy atom. The molecule has 0 saturated heterocycles. The summed E-state index contributed by atoms with van der Waals surface area (Å²) in [5.41, 5.74) is 2.06. The van der Waals surface area contributed by atoms with Crippen LogP contribution < -0.4 is 5.32 Å². The van der Waals surface area contributed by atoms with Gasteiger partial charge in [-0.1, -0.05) is 66.7 Å². The minimum absolute atomic E-state index is 0.123. The van der Waals surface area contributed by atoms with Crippen LogP contribution in [0.25, 0.3) is 16.8 Å². The third kappa shape index (κ3) is 4.35. The molecular formula is C24H21N3O. The molecule has 3 aromatic carbocycles. The summed E-state index contributed by atoms with van der Waals surface area (Å²) in [5.74, 6) is -0.123. The van der Waals surface area contributed by atoms with E-state index in [0.717, 1.165) is 16.5 Å². The summed E-state index contributed by atoms with van der Waals surface area (Å²) in [6, 6.07) is 24.2. The minimum Gasteiger partial charge on any atom is -0.344 e. The van der Waals surface area contributed by atoms with E-state index in [1.165, 1.54) is 5.39 Å². The normalized spacial score (nSPS) is 12.3. The molecule has 1 N–H and O–H groups in total. The zero-order valence-electron chi connectivity index (χ0n) is 15.4. The topological polar surface area (TPSA) is 46.9 Å². The van der Waals surface area contributed by atoms with E-state index >= 15 is 0 Å². The van der Waals surface area contributed by atoms with Crippen LogP contribution in [0.1, 0.15) is 17.2 Å². The number of benzene rings is 3. The maximum absolute atomic E-state index is 12.6. The van der Waals surface area contributed by atoms with E-state index in [1.54, 1.807) is 18.6 Å². The lowest BCUT2D eigenvalue weighted by Gasteiger charge is -2.19. The average Bonchev–Trinajstić information content (AvgIpc) is 3.25. The zero-order chi connectivity index (χ0) is 19.2. The van der Waals surface area contributed by atoms with Crippen molar-refractivity contribution in [1.82, 2.24) is 14.9 Å². The molecule has 0 radical (unpaired) electrons. The highest BCUT2D eigenvalue weighted by molar-refractivity contribution is 5.93. The van der Waals surface area contributed by atoms with E-state index in [1.807, 2.05) is 65.4 Å². The molecule has 0 aliphatic heterocycles. The first-order valence-corrected chi connectivity index (χ1v) is 9.26. The average molecular weight is 367 g/mol. The molecule has 0 aliphatic rings. The van der Waals surface area contributed by atoms with Crippen LogP contribution in [0.3, 0.4) is 0 Å². The molecule has 0 fully saturated rings. The van der Waals surface area contributed by atoms with Gasteiger partial charge in [0.25, 0.3) is 0 Å². The maximum atomic E-state index is 12.6. The Balaban J connectivity index is 1.49. The van der Waals surface area contributed by atoms with Crippen LogP contribution in [-0.4, -0.2) is 15.5 Å². The summed E-state index contributed by atoms with van der Waals surface area (Å²) in [4.78, 5) is 16.7. The molecule has 0 bridgehead atoms. The lowest BCUT2D eigenvalue weighted by atomic mass is 10.1. The van der Waals surface area contributed by atoms with Crippen LogP contribution >= 0.6 is 0 Å². The minimum atomic E-state index is -0.135. The highest BCUT2D eigenvalue weighted by Crippen LogP contribution is 2.17. The monoisotopic (exact) mass is 367 g/mol. The first-order valence-electron chi connectivity index (χ1n) is 9.26. The molecule has 1 aromatic heterocycles. The molecule has 28 heavy (non-hydrogen) atoms. The molecule has 4 heteroatoms. The second-order valence-electron chi connectivity index (χ2n) is 6.67. The van der Waals surface area contributed by atoms with Crippen molar-refractivity contribution in [1.29, 1.82) is 0 Å². The molecule has 0 spiro atoms. The number of nitrogens with zero attached hydrogens (tertiary/aromatic N) is 2. The number of amides is 1. The predicted molar refractivity (Wildman–Crippen MR) is 113 cm³/mol. The van der Waals surface area contributed by atoms with E-state index < -0.39 is 0 Å². The number of hydrogen-bond donors (Lipinski definition) is 1. The fourth-order valence-electron chi connectivity index (χ4n) is 3.23. The first-order chi connectivity index (χ1) is 13.8. The number of fused-ring (bicyclic) bond motifs is 1. The number of carbonyl (C=O) groups excluding carboxylic acids is 1.